The number of likely N-dealkylation sites (tertiary alicyclic amines) is 1. The predicted molar refractivity (Wildman–Crippen MR) is 98.2 cm³/mol. The van der Waals surface area contributed by atoms with E-state index in [0.717, 1.165) is 25.7 Å². The van der Waals surface area contributed by atoms with Crippen LogP contribution in [0, 0.1) is 5.92 Å². The molecule has 8 heteroatoms. The maximum absolute atomic E-state index is 12.9. The van der Waals surface area contributed by atoms with Gasteiger partial charge in [0, 0.05) is 18.2 Å². The minimum absolute atomic E-state index is 0.0441. The van der Waals surface area contributed by atoms with Crippen LogP contribution < -0.4 is 11.1 Å². The number of nitrogens with one attached hydrogen (secondary N) is 1. The molecule has 0 radical (unpaired) electrons. The highest BCUT2D eigenvalue weighted by Crippen LogP contribution is 2.31. The van der Waals surface area contributed by atoms with Crippen molar-refractivity contribution in [2.45, 2.75) is 49.1 Å². The van der Waals surface area contributed by atoms with Crippen LogP contribution in [0.25, 0.3) is 0 Å². The highest BCUT2D eigenvalue weighted by Gasteiger charge is 2.40. The molecule has 1 aliphatic carbocycles. The summed E-state index contributed by atoms with van der Waals surface area (Å²) in [5.74, 6) is 0.691. The lowest BCUT2D eigenvalue weighted by Gasteiger charge is -2.28. The van der Waals surface area contributed by atoms with Gasteiger partial charge in [0.25, 0.3) is 10.0 Å². The monoisotopic (exact) mass is 376 g/mol. The SMILES string of the molecule is NCC1CCCC1NC(=O)C1CCCN1C1=NS(=O)(=O)c2ccccc21. The Kier molecular flexibility index (Phi) is 4.48. The number of benzene rings is 1. The molecule has 3 aliphatic rings. The number of amidine groups is 1. The maximum Gasteiger partial charge on any atom is 0.285 e. The number of sulfonamides is 1. The molecule has 0 bridgehead atoms. The van der Waals surface area contributed by atoms with E-state index in [1.54, 1.807) is 24.3 Å². The maximum atomic E-state index is 12.9. The lowest BCUT2D eigenvalue weighted by molar-refractivity contribution is -0.125. The second kappa shape index (κ2) is 6.66. The zero-order chi connectivity index (χ0) is 18.3. The second-order valence-electron chi connectivity index (χ2n) is 7.28. The molecule has 1 aromatic rings. The molecule has 2 fully saturated rings. The van der Waals surface area contributed by atoms with Crippen molar-refractivity contribution in [3.63, 3.8) is 0 Å². The minimum atomic E-state index is -3.68. The van der Waals surface area contributed by atoms with Crippen LogP contribution in [0.15, 0.2) is 33.6 Å². The van der Waals surface area contributed by atoms with Crippen LogP contribution >= 0.6 is 0 Å². The summed E-state index contributed by atoms with van der Waals surface area (Å²) >= 11 is 0. The summed E-state index contributed by atoms with van der Waals surface area (Å²) in [4.78, 5) is 15.0. The van der Waals surface area contributed by atoms with E-state index in [9.17, 15) is 13.2 Å². The van der Waals surface area contributed by atoms with Gasteiger partial charge in [0.1, 0.15) is 10.9 Å². The predicted octanol–water partition coefficient (Wildman–Crippen LogP) is 0.844. The third kappa shape index (κ3) is 2.91. The Balaban J connectivity index is 1.57. The summed E-state index contributed by atoms with van der Waals surface area (Å²) in [7, 11) is -3.68. The molecule has 26 heavy (non-hydrogen) atoms. The topological polar surface area (TPSA) is 105 Å². The normalized spacial score (nSPS) is 29.5. The van der Waals surface area contributed by atoms with Crippen molar-refractivity contribution in [1.29, 1.82) is 0 Å². The number of hydrogen-bond donors (Lipinski definition) is 2. The third-order valence-electron chi connectivity index (χ3n) is 5.73. The molecule has 3 unspecified atom stereocenters. The average Bonchev–Trinajstić information content (AvgIpc) is 3.33. The summed E-state index contributed by atoms with van der Waals surface area (Å²) < 4.78 is 28.6. The van der Waals surface area contributed by atoms with E-state index in [4.69, 9.17) is 5.73 Å². The fourth-order valence-electron chi connectivity index (χ4n) is 4.38. The van der Waals surface area contributed by atoms with Crippen LogP contribution in [0.1, 0.15) is 37.7 Å². The highest BCUT2D eigenvalue weighted by atomic mass is 32.2. The Hall–Kier alpha value is -1.93. The molecule has 140 valence electrons. The van der Waals surface area contributed by atoms with Gasteiger partial charge in [-0.1, -0.05) is 18.6 Å². The Morgan fingerprint density at radius 2 is 2.04 bits per heavy atom. The molecule has 1 aromatic carbocycles. The molecule has 2 aliphatic heterocycles. The Labute approximate surface area is 153 Å². The second-order valence-corrected chi connectivity index (χ2v) is 8.85. The van der Waals surface area contributed by atoms with E-state index >= 15 is 0 Å². The fourth-order valence-corrected chi connectivity index (χ4v) is 5.59. The smallest absolute Gasteiger partial charge is 0.285 e. The molecule has 0 aromatic heterocycles. The van der Waals surface area contributed by atoms with Crippen LogP contribution in [0.4, 0.5) is 0 Å². The van der Waals surface area contributed by atoms with Crippen LogP contribution in [-0.2, 0) is 14.8 Å². The quantitative estimate of drug-likeness (QED) is 0.813. The summed E-state index contributed by atoms with van der Waals surface area (Å²) in [6.07, 6.45) is 4.63. The van der Waals surface area contributed by atoms with Crippen molar-refractivity contribution in [3.05, 3.63) is 29.8 Å². The molecule has 7 nitrogen and oxygen atoms in total. The number of carbonyl (C=O) groups is 1. The van der Waals surface area contributed by atoms with Crippen LogP contribution in [0.2, 0.25) is 0 Å². The van der Waals surface area contributed by atoms with E-state index < -0.39 is 10.0 Å². The fraction of sp³-hybridized carbons (Fsp3) is 0.556. The summed E-state index contributed by atoms with van der Waals surface area (Å²) in [5, 5.41) is 3.15. The van der Waals surface area contributed by atoms with Gasteiger partial charge in [-0.25, -0.2) is 0 Å². The number of nitrogens with two attached hydrogens (primary N) is 1. The number of amides is 1. The highest BCUT2D eigenvalue weighted by molar-refractivity contribution is 7.90. The molecular weight excluding hydrogens is 352 g/mol. The summed E-state index contributed by atoms with van der Waals surface area (Å²) in [6.45, 7) is 1.21. The molecule has 4 rings (SSSR count). The molecule has 1 saturated heterocycles. The molecule has 3 atom stereocenters. The van der Waals surface area contributed by atoms with Crippen molar-refractivity contribution < 1.29 is 13.2 Å². The van der Waals surface area contributed by atoms with Crippen LogP contribution in [-0.4, -0.2) is 50.2 Å². The van der Waals surface area contributed by atoms with E-state index in [1.165, 1.54) is 0 Å². The van der Waals surface area contributed by atoms with Crippen LogP contribution in [0.5, 0.6) is 0 Å². The number of carbonyl (C=O) groups excluding carboxylic acids is 1. The largest absolute Gasteiger partial charge is 0.351 e. The van der Waals surface area contributed by atoms with Crippen molar-refractivity contribution >= 4 is 21.8 Å². The van der Waals surface area contributed by atoms with Gasteiger partial charge in [0.15, 0.2) is 5.84 Å². The molecular formula is C18H24N4O3S. The van der Waals surface area contributed by atoms with Gasteiger partial charge in [0.05, 0.1) is 0 Å². The Morgan fingerprint density at radius 1 is 1.23 bits per heavy atom. The van der Waals surface area contributed by atoms with Gasteiger partial charge < -0.3 is 16.0 Å². The zero-order valence-electron chi connectivity index (χ0n) is 14.6. The van der Waals surface area contributed by atoms with Gasteiger partial charge >= 0.3 is 0 Å². The van der Waals surface area contributed by atoms with Crippen molar-refractivity contribution in [3.8, 4) is 0 Å². The van der Waals surface area contributed by atoms with Crippen molar-refractivity contribution in [1.82, 2.24) is 10.2 Å². The number of fused-ring (bicyclic) bond motifs is 1. The molecule has 1 saturated carbocycles. The lowest BCUT2D eigenvalue weighted by atomic mass is 10.0. The van der Waals surface area contributed by atoms with Gasteiger partial charge in [0.2, 0.25) is 5.91 Å². The summed E-state index contributed by atoms with van der Waals surface area (Å²) in [6, 6.07) is 6.55. The number of hydrogen-bond acceptors (Lipinski definition) is 5. The van der Waals surface area contributed by atoms with Crippen molar-refractivity contribution in [2.24, 2.45) is 16.0 Å². The number of nitrogens with zero attached hydrogens (tertiary/aromatic N) is 2. The van der Waals surface area contributed by atoms with E-state index in [1.807, 2.05) is 4.90 Å². The first-order valence-electron chi connectivity index (χ1n) is 9.23. The first-order chi connectivity index (χ1) is 12.5. The third-order valence-corrected chi connectivity index (χ3v) is 7.05. The van der Waals surface area contributed by atoms with Gasteiger partial charge in [-0.15, -0.1) is 4.40 Å². The first kappa shape index (κ1) is 17.5. The first-order valence-corrected chi connectivity index (χ1v) is 10.7. The lowest BCUT2D eigenvalue weighted by Crippen LogP contribution is -2.50. The average molecular weight is 376 g/mol. The van der Waals surface area contributed by atoms with E-state index in [0.29, 0.717) is 36.8 Å². The van der Waals surface area contributed by atoms with Crippen molar-refractivity contribution in [2.75, 3.05) is 13.1 Å². The standard InChI is InChI=1S/C18H24N4O3S/c19-11-12-5-3-7-14(12)20-18(23)15-8-4-10-22(15)17-13-6-1-2-9-16(13)26(24,25)21-17/h1-2,6,9,12,14-15H,3-5,7-8,10-11,19H2,(H,20,23). The molecule has 1 amide bonds. The summed E-state index contributed by atoms with van der Waals surface area (Å²) in [5.41, 5.74) is 6.41. The zero-order valence-corrected chi connectivity index (χ0v) is 15.4. The van der Waals surface area contributed by atoms with E-state index in [2.05, 4.69) is 9.71 Å². The van der Waals surface area contributed by atoms with Crippen LogP contribution in [0.3, 0.4) is 0 Å². The Morgan fingerprint density at radius 3 is 2.85 bits per heavy atom. The molecule has 2 heterocycles. The molecule has 0 spiro atoms. The van der Waals surface area contributed by atoms with Gasteiger partial charge in [-0.3, -0.25) is 4.79 Å². The molecule has 3 N–H and O–H groups in total. The Bertz CT molecular complexity index is 852. The minimum Gasteiger partial charge on any atom is -0.351 e. The van der Waals surface area contributed by atoms with E-state index in [-0.39, 0.29) is 22.9 Å². The van der Waals surface area contributed by atoms with Gasteiger partial charge in [-0.05, 0) is 50.3 Å². The number of rotatable bonds is 3. The van der Waals surface area contributed by atoms with Gasteiger partial charge in [-0.2, -0.15) is 8.42 Å².